The molecule has 2 aromatic carbocycles. The van der Waals surface area contributed by atoms with Crippen LogP contribution in [-0.2, 0) is 32.2 Å². The monoisotopic (exact) mass is 464 g/mol. The van der Waals surface area contributed by atoms with Crippen LogP contribution >= 0.6 is 0 Å². The molecule has 0 amide bonds. The van der Waals surface area contributed by atoms with Crippen molar-refractivity contribution in [3.63, 3.8) is 0 Å². The molecule has 0 bridgehead atoms. The van der Waals surface area contributed by atoms with E-state index in [2.05, 4.69) is 93.7 Å². The highest BCUT2D eigenvalue weighted by atomic mass is 15.5. The van der Waals surface area contributed by atoms with E-state index >= 15 is 0 Å². The van der Waals surface area contributed by atoms with Crippen molar-refractivity contribution in [1.29, 1.82) is 0 Å². The number of H-pyrrole nitrogens is 1. The smallest absolute Gasteiger partial charge is 0.178 e. The molecule has 0 saturated carbocycles. The minimum atomic E-state index is 0.673. The number of rotatable bonds is 5. The summed E-state index contributed by atoms with van der Waals surface area (Å²) in [5.41, 5.74) is 11.6. The number of nitrogens with one attached hydrogen (secondary N) is 2. The number of benzene rings is 2. The van der Waals surface area contributed by atoms with E-state index in [4.69, 9.17) is 9.97 Å². The second-order valence-electron chi connectivity index (χ2n) is 9.33. The van der Waals surface area contributed by atoms with E-state index < -0.39 is 0 Å². The van der Waals surface area contributed by atoms with Crippen LogP contribution in [0.5, 0.6) is 0 Å². The summed E-state index contributed by atoms with van der Waals surface area (Å²) < 4.78 is 2.28. The summed E-state index contributed by atoms with van der Waals surface area (Å²) in [5.74, 6) is 1.79. The number of imidazole rings is 1. The van der Waals surface area contributed by atoms with E-state index in [9.17, 15) is 0 Å². The van der Waals surface area contributed by atoms with Gasteiger partial charge in [-0.2, -0.15) is 5.21 Å². The Morgan fingerprint density at radius 3 is 2.37 bits per heavy atom. The van der Waals surface area contributed by atoms with Crippen LogP contribution in [0.3, 0.4) is 0 Å². The van der Waals surface area contributed by atoms with Crippen LogP contribution in [0.1, 0.15) is 52.1 Å². The fourth-order valence-electron chi connectivity index (χ4n) is 5.08. The highest BCUT2D eigenvalue weighted by Gasteiger charge is 2.17. The van der Waals surface area contributed by atoms with Crippen molar-refractivity contribution >= 4 is 22.5 Å². The number of tetrazole rings is 1. The molecule has 1 aliphatic rings. The Kier molecular flexibility index (Phi) is 5.28. The molecule has 3 aromatic heterocycles. The van der Waals surface area contributed by atoms with Crippen molar-refractivity contribution in [1.82, 2.24) is 35.2 Å². The van der Waals surface area contributed by atoms with Gasteiger partial charge in [0.05, 0.1) is 6.54 Å². The van der Waals surface area contributed by atoms with Crippen molar-refractivity contribution in [3.8, 4) is 0 Å². The van der Waals surface area contributed by atoms with Crippen molar-refractivity contribution < 1.29 is 0 Å². The molecule has 0 spiro atoms. The number of fused-ring (bicyclic) bond motifs is 3. The molecule has 0 saturated heterocycles. The lowest BCUT2D eigenvalue weighted by Gasteiger charge is -2.13. The lowest BCUT2D eigenvalue weighted by molar-refractivity contribution is 0.744. The minimum Gasteiger partial charge on any atom is -0.355 e. The second kappa shape index (κ2) is 8.61. The quantitative estimate of drug-likeness (QED) is 0.394. The first-order valence-corrected chi connectivity index (χ1v) is 12.1. The number of aromatic amines is 1. The summed E-state index contributed by atoms with van der Waals surface area (Å²) in [6, 6.07) is 15.4. The largest absolute Gasteiger partial charge is 0.355 e. The number of aryl methyl sites for hydroxylation is 5. The summed E-state index contributed by atoms with van der Waals surface area (Å²) in [4.78, 5) is 9.74. The van der Waals surface area contributed by atoms with E-state index in [-0.39, 0.29) is 0 Å². The molecule has 0 fully saturated rings. The molecule has 2 N–H and O–H groups in total. The molecular formula is C27H28N8. The summed E-state index contributed by atoms with van der Waals surface area (Å²) in [6.07, 6.45) is 3.51. The zero-order chi connectivity index (χ0) is 23.9. The second-order valence-corrected chi connectivity index (χ2v) is 9.33. The molecule has 1 aliphatic heterocycles. The number of hydrogen-bond acceptors (Lipinski definition) is 6. The van der Waals surface area contributed by atoms with Gasteiger partial charge in [-0.15, -0.1) is 10.2 Å². The van der Waals surface area contributed by atoms with Gasteiger partial charge in [-0.1, -0.05) is 36.4 Å². The Hall–Kier alpha value is -4.07. The highest BCUT2D eigenvalue weighted by Crippen LogP contribution is 2.32. The maximum Gasteiger partial charge on any atom is 0.178 e. The van der Waals surface area contributed by atoms with Gasteiger partial charge in [-0.25, -0.2) is 9.97 Å². The Morgan fingerprint density at radius 1 is 0.914 bits per heavy atom. The van der Waals surface area contributed by atoms with Gasteiger partial charge >= 0.3 is 0 Å². The standard InChI is InChI=1S/C27H28N8/c1-4-25-30-26-16(2)11-17(3)28-27(26)35(25)15-19-6-10-23-21(13-19)8-7-20-12-18(5-9-22(20)29-23)14-24-31-33-34-32-24/h5-6,9-13,29H,4,7-8,14-15H2,1-3H3,(H,31,32,33,34). The molecule has 0 radical (unpaired) electrons. The molecule has 4 heterocycles. The van der Waals surface area contributed by atoms with Crippen molar-refractivity contribution in [2.24, 2.45) is 0 Å². The SMILES string of the molecule is CCc1nc2c(C)cc(C)nc2n1Cc1ccc2c(c1)CCc1cc(Cc3nn[nH]n3)ccc1N2. The van der Waals surface area contributed by atoms with Gasteiger partial charge in [0.25, 0.3) is 0 Å². The fourth-order valence-corrected chi connectivity index (χ4v) is 5.08. The van der Waals surface area contributed by atoms with Crippen LogP contribution in [0.25, 0.3) is 11.2 Å². The van der Waals surface area contributed by atoms with Crippen LogP contribution in [0.15, 0.2) is 42.5 Å². The average molecular weight is 465 g/mol. The predicted molar refractivity (Wildman–Crippen MR) is 136 cm³/mol. The van der Waals surface area contributed by atoms with E-state index in [0.29, 0.717) is 12.2 Å². The third kappa shape index (κ3) is 4.05. The van der Waals surface area contributed by atoms with E-state index in [1.807, 2.05) is 0 Å². The fraction of sp³-hybridized carbons (Fsp3) is 0.296. The molecule has 8 heteroatoms. The van der Waals surface area contributed by atoms with Crippen molar-refractivity contribution in [2.45, 2.75) is 53.0 Å². The summed E-state index contributed by atoms with van der Waals surface area (Å²) in [7, 11) is 0. The maximum atomic E-state index is 4.91. The molecule has 0 unspecified atom stereocenters. The maximum absolute atomic E-state index is 4.91. The Labute approximate surface area is 203 Å². The van der Waals surface area contributed by atoms with Crippen LogP contribution in [0, 0.1) is 13.8 Å². The number of hydrogen-bond donors (Lipinski definition) is 2. The first-order chi connectivity index (χ1) is 17.1. The normalized spacial score (nSPS) is 12.8. The molecule has 176 valence electrons. The molecule has 0 atom stereocenters. The predicted octanol–water partition coefficient (Wildman–Crippen LogP) is 4.60. The first kappa shape index (κ1) is 21.5. The zero-order valence-corrected chi connectivity index (χ0v) is 20.3. The van der Waals surface area contributed by atoms with Crippen molar-refractivity contribution in [2.75, 3.05) is 5.32 Å². The first-order valence-electron chi connectivity index (χ1n) is 12.1. The van der Waals surface area contributed by atoms with Crippen molar-refractivity contribution in [3.05, 3.63) is 87.6 Å². The number of anilines is 2. The van der Waals surface area contributed by atoms with Gasteiger partial charge in [0.2, 0.25) is 0 Å². The van der Waals surface area contributed by atoms with Crippen LogP contribution in [0.2, 0.25) is 0 Å². The Bertz CT molecular complexity index is 1530. The number of aromatic nitrogens is 7. The van der Waals surface area contributed by atoms with Gasteiger partial charge in [0.15, 0.2) is 11.5 Å². The van der Waals surface area contributed by atoms with E-state index in [0.717, 1.165) is 54.2 Å². The lowest BCUT2D eigenvalue weighted by Crippen LogP contribution is -2.06. The molecule has 0 aliphatic carbocycles. The van der Waals surface area contributed by atoms with Gasteiger partial charge < -0.3 is 9.88 Å². The molecular weight excluding hydrogens is 436 g/mol. The van der Waals surface area contributed by atoms with Crippen LogP contribution in [-0.4, -0.2) is 35.2 Å². The molecule has 6 rings (SSSR count). The number of pyridine rings is 1. The van der Waals surface area contributed by atoms with Crippen LogP contribution < -0.4 is 5.32 Å². The third-order valence-corrected chi connectivity index (χ3v) is 6.78. The third-order valence-electron chi connectivity index (χ3n) is 6.78. The highest BCUT2D eigenvalue weighted by molar-refractivity contribution is 5.76. The van der Waals surface area contributed by atoms with Gasteiger partial charge in [-0.3, -0.25) is 0 Å². The topological polar surface area (TPSA) is 97.2 Å². The summed E-state index contributed by atoms with van der Waals surface area (Å²) >= 11 is 0. The van der Waals surface area contributed by atoms with Gasteiger partial charge in [0, 0.05) is 29.9 Å². The summed E-state index contributed by atoms with van der Waals surface area (Å²) in [6.45, 7) is 7.09. The molecule has 8 nitrogen and oxygen atoms in total. The molecule has 35 heavy (non-hydrogen) atoms. The Morgan fingerprint density at radius 2 is 1.66 bits per heavy atom. The molecule has 5 aromatic rings. The van der Waals surface area contributed by atoms with Crippen LogP contribution in [0.4, 0.5) is 11.4 Å². The van der Waals surface area contributed by atoms with Gasteiger partial charge in [-0.05, 0) is 72.7 Å². The number of nitrogens with zero attached hydrogens (tertiary/aromatic N) is 6. The van der Waals surface area contributed by atoms with E-state index in [1.54, 1.807) is 0 Å². The lowest BCUT2D eigenvalue weighted by atomic mass is 10.00. The average Bonchev–Trinajstić information content (AvgIpc) is 3.43. The Balaban J connectivity index is 1.28. The zero-order valence-electron chi connectivity index (χ0n) is 20.3. The summed E-state index contributed by atoms with van der Waals surface area (Å²) in [5, 5.41) is 18.0. The minimum absolute atomic E-state index is 0.673. The van der Waals surface area contributed by atoms with E-state index in [1.165, 1.54) is 33.5 Å². The van der Waals surface area contributed by atoms with Gasteiger partial charge in [0.1, 0.15) is 11.3 Å².